The third-order valence-electron chi connectivity index (χ3n) is 8.41. The molecule has 0 aromatic heterocycles. The summed E-state index contributed by atoms with van der Waals surface area (Å²) in [5.41, 5.74) is 7.21. The lowest BCUT2D eigenvalue weighted by Crippen LogP contribution is -2.40. The van der Waals surface area contributed by atoms with E-state index < -0.39 is 0 Å². The van der Waals surface area contributed by atoms with Gasteiger partial charge in [-0.15, -0.1) is 19.6 Å². The van der Waals surface area contributed by atoms with Gasteiger partial charge in [0, 0.05) is 25.7 Å². The number of halogens is 1. The van der Waals surface area contributed by atoms with Gasteiger partial charge in [0.2, 0.25) is 0 Å². The average Bonchev–Trinajstić information content (AvgIpc) is 3.05. The summed E-state index contributed by atoms with van der Waals surface area (Å²) < 4.78 is 14.0. The van der Waals surface area contributed by atoms with Crippen molar-refractivity contribution in [2.75, 3.05) is 13.6 Å². The van der Waals surface area contributed by atoms with Gasteiger partial charge < -0.3 is 9.80 Å². The molecule has 218 valence electrons. The van der Waals surface area contributed by atoms with Gasteiger partial charge in [0.1, 0.15) is 6.33 Å². The Morgan fingerprint density at radius 3 is 2.55 bits per heavy atom. The Morgan fingerprint density at radius 1 is 1.15 bits per heavy atom. The standard InChI is InChI=1S/C37H53FN2/c1-9-14-16-17-18-21-35-26-32(19-11-3)33(20-15-10-2)25-30(7)40(35)28-31(12-4)22-23-34-24-29(6)36(13-5)39(8)37(34)27-38/h5,9,11-12,18,21,23,27,29,35-36H,1,3,7,10,14-17,19-20,22,24-26,28H2,2,4,6,8H3/b21-18?,31-12+,34-23?,37-27-. The van der Waals surface area contributed by atoms with E-state index in [0.717, 1.165) is 69.9 Å². The van der Waals surface area contributed by atoms with Gasteiger partial charge in [0.25, 0.3) is 0 Å². The fourth-order valence-electron chi connectivity index (χ4n) is 5.98. The molecule has 0 bridgehead atoms. The highest BCUT2D eigenvalue weighted by atomic mass is 19.1. The van der Waals surface area contributed by atoms with E-state index in [0.29, 0.717) is 12.0 Å². The van der Waals surface area contributed by atoms with Crippen LogP contribution in [0.1, 0.15) is 91.4 Å². The summed E-state index contributed by atoms with van der Waals surface area (Å²) in [6.45, 7) is 19.9. The molecule has 3 unspecified atom stereocenters. The molecule has 0 aromatic carbocycles. The van der Waals surface area contributed by atoms with E-state index in [9.17, 15) is 4.39 Å². The first kappa shape index (κ1) is 33.2. The molecule has 2 aliphatic rings. The molecule has 40 heavy (non-hydrogen) atoms. The number of rotatable bonds is 14. The van der Waals surface area contributed by atoms with Crippen molar-refractivity contribution < 1.29 is 4.39 Å². The topological polar surface area (TPSA) is 6.48 Å². The maximum Gasteiger partial charge on any atom is 0.110 e. The normalized spacial score (nSPS) is 24.6. The predicted octanol–water partition coefficient (Wildman–Crippen LogP) is 9.99. The number of likely N-dealkylation sites (N-methyl/N-ethyl adjacent to an activating group) is 1. The molecule has 2 rings (SSSR count). The lowest BCUT2D eigenvalue weighted by atomic mass is 9.86. The van der Waals surface area contributed by atoms with Gasteiger partial charge in [-0.2, -0.15) is 0 Å². The second-order valence-corrected chi connectivity index (χ2v) is 11.4. The van der Waals surface area contributed by atoms with Crippen LogP contribution in [0, 0.1) is 18.3 Å². The van der Waals surface area contributed by atoms with Crippen molar-refractivity contribution in [2.24, 2.45) is 5.92 Å². The molecular weight excluding hydrogens is 491 g/mol. The Kier molecular flexibility index (Phi) is 14.7. The first-order valence-corrected chi connectivity index (χ1v) is 15.2. The van der Waals surface area contributed by atoms with Crippen LogP contribution in [0.5, 0.6) is 0 Å². The Morgan fingerprint density at radius 2 is 1.93 bits per heavy atom. The largest absolute Gasteiger partial charge is 0.364 e. The molecular formula is C37H53FN2. The van der Waals surface area contributed by atoms with Crippen molar-refractivity contribution in [1.82, 2.24) is 9.80 Å². The maximum absolute atomic E-state index is 14.0. The van der Waals surface area contributed by atoms with Crippen molar-refractivity contribution in [2.45, 2.75) is 103 Å². The molecule has 2 aliphatic heterocycles. The summed E-state index contributed by atoms with van der Waals surface area (Å²) in [5.74, 6) is 3.11. The number of likely N-dealkylation sites (tertiary alicyclic amines) is 1. The van der Waals surface area contributed by atoms with Gasteiger partial charge in [0.15, 0.2) is 0 Å². The maximum atomic E-state index is 14.0. The molecule has 0 aliphatic carbocycles. The van der Waals surface area contributed by atoms with E-state index in [1.54, 1.807) is 5.57 Å². The Hall–Kier alpha value is -2.99. The van der Waals surface area contributed by atoms with Gasteiger partial charge >= 0.3 is 0 Å². The van der Waals surface area contributed by atoms with Crippen molar-refractivity contribution in [1.29, 1.82) is 0 Å². The third-order valence-corrected chi connectivity index (χ3v) is 8.41. The van der Waals surface area contributed by atoms with Crippen LogP contribution < -0.4 is 0 Å². The summed E-state index contributed by atoms with van der Waals surface area (Å²) in [6, 6.07) is 0.172. The minimum Gasteiger partial charge on any atom is -0.364 e. The van der Waals surface area contributed by atoms with Crippen LogP contribution in [0.4, 0.5) is 4.39 Å². The van der Waals surface area contributed by atoms with Crippen molar-refractivity contribution >= 4 is 0 Å². The van der Waals surface area contributed by atoms with Gasteiger partial charge in [-0.1, -0.05) is 85.9 Å². The second-order valence-electron chi connectivity index (χ2n) is 11.4. The smallest absolute Gasteiger partial charge is 0.110 e. The molecule has 0 spiro atoms. The number of hydrogen-bond acceptors (Lipinski definition) is 2. The lowest BCUT2D eigenvalue weighted by molar-refractivity contribution is 0.251. The van der Waals surface area contributed by atoms with Crippen LogP contribution in [0.3, 0.4) is 0 Å². The monoisotopic (exact) mass is 544 g/mol. The van der Waals surface area contributed by atoms with Gasteiger partial charge in [0.05, 0.1) is 17.8 Å². The Balaban J connectivity index is 2.32. The zero-order valence-corrected chi connectivity index (χ0v) is 25.7. The van der Waals surface area contributed by atoms with Crippen LogP contribution >= 0.6 is 0 Å². The summed E-state index contributed by atoms with van der Waals surface area (Å²) in [5, 5.41) is 0. The molecule has 0 saturated carbocycles. The first-order chi connectivity index (χ1) is 19.3. The molecule has 0 amide bonds. The molecule has 1 saturated heterocycles. The number of unbranched alkanes of at least 4 members (excludes halogenated alkanes) is 3. The fraction of sp³-hybridized carbons (Fsp3) is 0.514. The Labute approximate surface area is 245 Å². The minimum atomic E-state index is -0.0843. The van der Waals surface area contributed by atoms with E-state index in [-0.39, 0.29) is 18.0 Å². The molecule has 0 aromatic rings. The molecule has 2 heterocycles. The average molecular weight is 545 g/mol. The molecule has 0 radical (unpaired) electrons. The van der Waals surface area contributed by atoms with Crippen LogP contribution in [0.15, 0.2) is 96.2 Å². The molecule has 2 nitrogen and oxygen atoms in total. The number of allylic oxidation sites excluding steroid dienone is 7. The van der Waals surface area contributed by atoms with Crippen molar-refractivity contribution in [3.8, 4) is 12.3 Å². The number of hydrogen-bond donors (Lipinski definition) is 0. The highest BCUT2D eigenvalue weighted by molar-refractivity contribution is 5.36. The summed E-state index contributed by atoms with van der Waals surface area (Å²) in [4.78, 5) is 4.42. The molecule has 3 heteroatoms. The number of piperidine rings is 1. The minimum absolute atomic E-state index is 0.0843. The highest BCUT2D eigenvalue weighted by Gasteiger charge is 2.30. The predicted molar refractivity (Wildman–Crippen MR) is 173 cm³/mol. The third kappa shape index (κ3) is 9.29. The van der Waals surface area contributed by atoms with Gasteiger partial charge in [-0.05, 0) is 76.2 Å². The SMILES string of the molecule is C#CC1C(C)CC(=CC/C(=C\C)CN2C(=C)CC(CCCC)=C(CC=C)CC2C=CCCCC=C)/C(=C/F)N1C. The van der Waals surface area contributed by atoms with Crippen molar-refractivity contribution in [3.63, 3.8) is 0 Å². The van der Waals surface area contributed by atoms with E-state index >= 15 is 0 Å². The highest BCUT2D eigenvalue weighted by Crippen LogP contribution is 2.36. The Bertz CT molecular complexity index is 1060. The van der Waals surface area contributed by atoms with Crippen LogP contribution in [-0.2, 0) is 0 Å². The summed E-state index contributed by atoms with van der Waals surface area (Å²) >= 11 is 0. The molecule has 3 atom stereocenters. The lowest BCUT2D eigenvalue weighted by Gasteiger charge is -2.39. The van der Waals surface area contributed by atoms with E-state index in [1.807, 2.05) is 18.0 Å². The van der Waals surface area contributed by atoms with Crippen molar-refractivity contribution in [3.05, 3.63) is 96.2 Å². The van der Waals surface area contributed by atoms with Crippen LogP contribution in [0.2, 0.25) is 0 Å². The summed E-state index contributed by atoms with van der Waals surface area (Å²) in [7, 11) is 1.90. The summed E-state index contributed by atoms with van der Waals surface area (Å²) in [6.07, 6.45) is 30.8. The van der Waals surface area contributed by atoms with E-state index in [2.05, 4.69) is 81.7 Å². The molecule has 0 N–H and O–H groups in total. The first-order valence-electron chi connectivity index (χ1n) is 15.2. The number of nitrogens with zero attached hydrogens (tertiary/aromatic N) is 2. The van der Waals surface area contributed by atoms with Gasteiger partial charge in [-0.25, -0.2) is 4.39 Å². The van der Waals surface area contributed by atoms with E-state index in [4.69, 9.17) is 6.42 Å². The van der Waals surface area contributed by atoms with Crippen LogP contribution in [0.25, 0.3) is 0 Å². The quantitative estimate of drug-likeness (QED) is 0.122. The van der Waals surface area contributed by atoms with Gasteiger partial charge in [-0.3, -0.25) is 0 Å². The van der Waals surface area contributed by atoms with E-state index in [1.165, 1.54) is 29.7 Å². The zero-order valence-electron chi connectivity index (χ0n) is 25.7. The number of terminal acetylenes is 1. The molecule has 1 fully saturated rings. The van der Waals surface area contributed by atoms with Crippen LogP contribution in [-0.4, -0.2) is 35.5 Å². The zero-order chi connectivity index (χ0) is 29.5. The fourth-order valence-corrected chi connectivity index (χ4v) is 5.98. The second kappa shape index (κ2) is 17.6.